The van der Waals surface area contributed by atoms with E-state index in [9.17, 15) is 4.79 Å². The van der Waals surface area contributed by atoms with Gasteiger partial charge in [0.25, 0.3) is 0 Å². The van der Waals surface area contributed by atoms with Crippen molar-refractivity contribution in [2.24, 2.45) is 0 Å². The van der Waals surface area contributed by atoms with Gasteiger partial charge in [-0.1, -0.05) is 34.7 Å². The first-order chi connectivity index (χ1) is 12.0. The summed E-state index contributed by atoms with van der Waals surface area (Å²) in [6.07, 6.45) is 0. The third-order valence-electron chi connectivity index (χ3n) is 2.99. The van der Waals surface area contributed by atoms with Gasteiger partial charge >= 0.3 is 0 Å². The normalized spacial score (nSPS) is 11.6. The predicted molar refractivity (Wildman–Crippen MR) is 100 cm³/mol. The Balaban J connectivity index is 1.90. The van der Waals surface area contributed by atoms with Crippen LogP contribution in [0.3, 0.4) is 0 Å². The van der Waals surface area contributed by atoms with Gasteiger partial charge in [0.2, 0.25) is 11.0 Å². The maximum absolute atomic E-state index is 12.3. The van der Waals surface area contributed by atoms with E-state index in [0.29, 0.717) is 38.9 Å². The fraction of sp³-hybridized carbons (Fsp3) is 0.333. The molecule has 10 heteroatoms. The molecular formula is C15H16ClN5O2S2. The summed E-state index contributed by atoms with van der Waals surface area (Å²) in [5.41, 5.74) is 0.907. The molecule has 7 nitrogen and oxygen atoms in total. The summed E-state index contributed by atoms with van der Waals surface area (Å²) in [4.78, 5) is 12.3. The molecular weight excluding hydrogens is 382 g/mol. The average Bonchev–Trinajstić information content (AvgIpc) is 3.02. The van der Waals surface area contributed by atoms with Crippen molar-refractivity contribution in [1.29, 1.82) is 5.26 Å². The molecule has 25 heavy (non-hydrogen) atoms. The molecule has 0 saturated carbocycles. The summed E-state index contributed by atoms with van der Waals surface area (Å²) in [7, 11) is 1.63. The van der Waals surface area contributed by atoms with Crippen LogP contribution in [0, 0.1) is 11.3 Å². The van der Waals surface area contributed by atoms with Crippen LogP contribution in [0.25, 0.3) is 0 Å². The molecule has 0 aliphatic rings. The highest BCUT2D eigenvalue weighted by atomic mass is 35.5. The molecule has 0 aliphatic carbocycles. The molecule has 0 aliphatic heterocycles. The number of benzene rings is 1. The standard InChI is InChI=1S/C15H16ClN5O2S2/c1-9(24-15-21-20-14(25-15)18-5-6-23-2)13(22)19-11-4-3-10(8-17)12(16)7-11/h3-4,7,9H,5-6H2,1-2H3,(H,18,20)(H,19,22)/t9-/m1/s1. The zero-order chi connectivity index (χ0) is 18.2. The van der Waals surface area contributed by atoms with Gasteiger partial charge in [-0.2, -0.15) is 5.26 Å². The molecule has 2 rings (SSSR count). The number of anilines is 2. The van der Waals surface area contributed by atoms with E-state index in [0.717, 1.165) is 0 Å². The second-order valence-corrected chi connectivity index (χ2v) is 7.82. The summed E-state index contributed by atoms with van der Waals surface area (Å²) in [5, 5.41) is 23.4. The van der Waals surface area contributed by atoms with Crippen molar-refractivity contribution >= 4 is 51.4 Å². The first-order valence-electron chi connectivity index (χ1n) is 7.27. The minimum Gasteiger partial charge on any atom is -0.383 e. The number of nitrogens with one attached hydrogen (secondary N) is 2. The second kappa shape index (κ2) is 9.58. The van der Waals surface area contributed by atoms with Gasteiger partial charge in [0.1, 0.15) is 6.07 Å². The molecule has 0 unspecified atom stereocenters. The van der Waals surface area contributed by atoms with Crippen molar-refractivity contribution in [3.63, 3.8) is 0 Å². The van der Waals surface area contributed by atoms with Gasteiger partial charge in [0, 0.05) is 19.3 Å². The van der Waals surface area contributed by atoms with Crippen LogP contribution >= 0.6 is 34.7 Å². The van der Waals surface area contributed by atoms with E-state index < -0.39 is 0 Å². The Morgan fingerprint density at radius 1 is 1.52 bits per heavy atom. The lowest BCUT2D eigenvalue weighted by Crippen LogP contribution is -2.22. The van der Waals surface area contributed by atoms with Crippen molar-refractivity contribution in [3.05, 3.63) is 28.8 Å². The van der Waals surface area contributed by atoms with Crippen LogP contribution in [-0.2, 0) is 9.53 Å². The number of rotatable bonds is 8. The molecule has 1 heterocycles. The number of nitriles is 1. The van der Waals surface area contributed by atoms with Crippen molar-refractivity contribution in [3.8, 4) is 6.07 Å². The Kier molecular flexibility index (Phi) is 7.46. The van der Waals surface area contributed by atoms with E-state index in [1.807, 2.05) is 6.07 Å². The number of carbonyl (C=O) groups is 1. The minimum atomic E-state index is -0.366. The van der Waals surface area contributed by atoms with E-state index in [2.05, 4.69) is 20.8 Å². The number of methoxy groups -OCH3 is 1. The molecule has 1 atom stereocenters. The smallest absolute Gasteiger partial charge is 0.237 e. The van der Waals surface area contributed by atoms with Gasteiger partial charge in [-0.15, -0.1) is 10.2 Å². The number of ether oxygens (including phenoxy) is 1. The van der Waals surface area contributed by atoms with Gasteiger partial charge in [-0.25, -0.2) is 0 Å². The molecule has 132 valence electrons. The lowest BCUT2D eigenvalue weighted by molar-refractivity contribution is -0.115. The van der Waals surface area contributed by atoms with Crippen LogP contribution in [0.2, 0.25) is 5.02 Å². The molecule has 1 aromatic carbocycles. The largest absolute Gasteiger partial charge is 0.383 e. The van der Waals surface area contributed by atoms with Crippen LogP contribution in [0.4, 0.5) is 10.8 Å². The fourth-order valence-corrected chi connectivity index (χ4v) is 3.87. The number of carbonyl (C=O) groups excluding carboxylic acids is 1. The molecule has 0 radical (unpaired) electrons. The quantitative estimate of drug-likeness (QED) is 0.520. The van der Waals surface area contributed by atoms with Crippen LogP contribution in [0.15, 0.2) is 22.5 Å². The van der Waals surface area contributed by atoms with E-state index in [4.69, 9.17) is 21.6 Å². The molecule has 0 saturated heterocycles. The van der Waals surface area contributed by atoms with Crippen molar-refractivity contribution in [1.82, 2.24) is 10.2 Å². The second-order valence-electron chi connectivity index (χ2n) is 4.85. The fourth-order valence-electron chi connectivity index (χ4n) is 1.72. The van der Waals surface area contributed by atoms with Crippen LogP contribution in [-0.4, -0.2) is 41.6 Å². The van der Waals surface area contributed by atoms with Gasteiger partial charge in [-0.05, 0) is 25.1 Å². The molecule has 0 bridgehead atoms. The number of hydrogen-bond acceptors (Lipinski definition) is 8. The van der Waals surface area contributed by atoms with Gasteiger partial charge in [-0.3, -0.25) is 4.79 Å². The zero-order valence-corrected chi connectivity index (χ0v) is 16.0. The number of thioether (sulfide) groups is 1. The number of nitrogens with zero attached hydrogens (tertiary/aromatic N) is 3. The minimum absolute atomic E-state index is 0.185. The molecule has 0 fully saturated rings. The first-order valence-corrected chi connectivity index (χ1v) is 9.34. The van der Waals surface area contributed by atoms with Gasteiger partial charge in [0.05, 0.1) is 22.4 Å². The zero-order valence-electron chi connectivity index (χ0n) is 13.6. The Morgan fingerprint density at radius 2 is 2.32 bits per heavy atom. The van der Waals surface area contributed by atoms with Crippen LogP contribution in [0.5, 0.6) is 0 Å². The highest BCUT2D eigenvalue weighted by molar-refractivity contribution is 8.02. The van der Waals surface area contributed by atoms with Crippen molar-refractivity contribution in [2.75, 3.05) is 30.9 Å². The van der Waals surface area contributed by atoms with Crippen LogP contribution in [0.1, 0.15) is 12.5 Å². The van der Waals surface area contributed by atoms with Gasteiger partial charge in [0.15, 0.2) is 4.34 Å². The summed E-state index contributed by atoms with van der Waals surface area (Å²) < 4.78 is 5.65. The average molecular weight is 398 g/mol. The Labute approximate surface area is 158 Å². The molecule has 0 spiro atoms. The van der Waals surface area contributed by atoms with E-state index in [-0.39, 0.29) is 11.2 Å². The summed E-state index contributed by atoms with van der Waals surface area (Å²) in [5.74, 6) is -0.185. The molecule has 2 aromatic rings. The monoisotopic (exact) mass is 397 g/mol. The van der Waals surface area contributed by atoms with Gasteiger partial charge < -0.3 is 15.4 Å². The molecule has 1 aromatic heterocycles. The Hall–Kier alpha value is -1.86. The number of hydrogen-bond donors (Lipinski definition) is 2. The number of aromatic nitrogens is 2. The van der Waals surface area contributed by atoms with E-state index in [1.54, 1.807) is 32.2 Å². The highest BCUT2D eigenvalue weighted by Crippen LogP contribution is 2.29. The molecule has 1 amide bonds. The van der Waals surface area contributed by atoms with Crippen molar-refractivity contribution in [2.45, 2.75) is 16.5 Å². The number of halogens is 1. The topological polar surface area (TPSA) is 99.9 Å². The highest BCUT2D eigenvalue weighted by Gasteiger charge is 2.17. The SMILES string of the molecule is COCCNc1nnc(S[C@H](C)C(=O)Nc2ccc(C#N)c(Cl)c2)s1. The summed E-state index contributed by atoms with van der Waals surface area (Å²) in [6, 6.07) is 6.74. The maximum Gasteiger partial charge on any atom is 0.237 e. The number of amides is 1. The van der Waals surface area contributed by atoms with Crippen molar-refractivity contribution < 1.29 is 9.53 Å². The predicted octanol–water partition coefficient (Wildman–Crippen LogP) is 3.24. The Morgan fingerprint density at radius 3 is 3.00 bits per heavy atom. The summed E-state index contributed by atoms with van der Waals surface area (Å²) in [6.45, 7) is 3.00. The third kappa shape index (κ3) is 5.86. The first kappa shape index (κ1) is 19.5. The Bertz CT molecular complexity index is 778. The van der Waals surface area contributed by atoms with E-state index in [1.165, 1.54) is 23.1 Å². The van der Waals surface area contributed by atoms with Crippen LogP contribution < -0.4 is 10.6 Å². The lowest BCUT2D eigenvalue weighted by Gasteiger charge is -2.10. The third-order valence-corrected chi connectivity index (χ3v) is 5.37. The molecule has 2 N–H and O–H groups in total. The summed E-state index contributed by atoms with van der Waals surface area (Å²) >= 11 is 8.66. The van der Waals surface area contributed by atoms with E-state index >= 15 is 0 Å². The lowest BCUT2D eigenvalue weighted by atomic mass is 10.2. The maximum atomic E-state index is 12.3.